The van der Waals surface area contributed by atoms with Crippen molar-refractivity contribution in [1.82, 2.24) is 9.80 Å². The lowest BCUT2D eigenvalue weighted by molar-refractivity contribution is 0.0344. The molecule has 0 bridgehead atoms. The molecule has 0 aliphatic carbocycles. The summed E-state index contributed by atoms with van der Waals surface area (Å²) in [6.45, 7) is 15.6. The van der Waals surface area contributed by atoms with Crippen molar-refractivity contribution in [2.24, 2.45) is 5.41 Å². The van der Waals surface area contributed by atoms with Gasteiger partial charge in [0.05, 0.1) is 4.88 Å². The summed E-state index contributed by atoms with van der Waals surface area (Å²) in [5.74, 6) is 5.94. The van der Waals surface area contributed by atoms with Crippen molar-refractivity contribution in [1.29, 1.82) is 0 Å². The van der Waals surface area contributed by atoms with Crippen molar-refractivity contribution in [2.45, 2.75) is 59.2 Å². The summed E-state index contributed by atoms with van der Waals surface area (Å²) < 4.78 is 0. The second-order valence-corrected chi connectivity index (χ2v) is 10.2. The molecule has 4 nitrogen and oxygen atoms in total. The fourth-order valence-corrected chi connectivity index (χ4v) is 4.21. The first kappa shape index (κ1) is 21.4. The lowest BCUT2D eigenvalue weighted by Gasteiger charge is -2.43. The van der Waals surface area contributed by atoms with E-state index in [1.807, 2.05) is 6.07 Å². The molecule has 0 aromatic carbocycles. The van der Waals surface area contributed by atoms with E-state index in [1.54, 1.807) is 25.2 Å². The first-order chi connectivity index (χ1) is 12.1. The molecule has 0 saturated carbocycles. The minimum atomic E-state index is -0.953. The highest BCUT2D eigenvalue weighted by atomic mass is 32.1. The molecule has 1 aliphatic rings. The summed E-state index contributed by atoms with van der Waals surface area (Å²) in [7, 11) is 0. The fourth-order valence-electron chi connectivity index (χ4n) is 3.31. The number of aliphatic hydroxyl groups is 2. The van der Waals surface area contributed by atoms with Crippen LogP contribution < -0.4 is 0 Å². The van der Waals surface area contributed by atoms with Crippen molar-refractivity contribution in [3.63, 3.8) is 0 Å². The molecule has 5 heteroatoms. The average molecular weight is 379 g/mol. The normalized spacial score (nSPS) is 20.0. The molecule has 1 saturated heterocycles. The molecule has 0 radical (unpaired) electrons. The van der Waals surface area contributed by atoms with Gasteiger partial charge in [-0.25, -0.2) is 0 Å². The number of hydrogen-bond donors (Lipinski definition) is 2. The Morgan fingerprint density at radius 3 is 2.54 bits per heavy atom. The first-order valence-electron chi connectivity index (χ1n) is 9.47. The third-order valence-electron chi connectivity index (χ3n) is 4.36. The van der Waals surface area contributed by atoms with Crippen molar-refractivity contribution in [3.8, 4) is 11.8 Å². The Labute approximate surface area is 162 Å². The maximum Gasteiger partial charge on any atom is 0.120 e. The van der Waals surface area contributed by atoms with Crippen LogP contribution in [0.25, 0.3) is 0 Å². The molecule has 0 unspecified atom stereocenters. The Kier molecular flexibility index (Phi) is 7.29. The van der Waals surface area contributed by atoms with Gasteiger partial charge in [0.15, 0.2) is 0 Å². The van der Waals surface area contributed by atoms with Gasteiger partial charge < -0.3 is 10.2 Å². The smallest absolute Gasteiger partial charge is 0.120 e. The van der Waals surface area contributed by atoms with Crippen LogP contribution in [0.1, 0.15) is 50.8 Å². The molecule has 2 N–H and O–H groups in total. The molecule has 1 fully saturated rings. The van der Waals surface area contributed by atoms with Crippen LogP contribution in [0.15, 0.2) is 12.1 Å². The predicted molar refractivity (Wildman–Crippen MR) is 109 cm³/mol. The Balaban J connectivity index is 1.96. The van der Waals surface area contributed by atoms with Crippen molar-refractivity contribution in [2.75, 3.05) is 32.8 Å². The number of piperazine rings is 1. The molecule has 1 aliphatic heterocycles. The minimum Gasteiger partial charge on any atom is -0.396 e. The molecule has 1 aromatic rings. The van der Waals surface area contributed by atoms with Gasteiger partial charge in [0.2, 0.25) is 0 Å². The minimum absolute atomic E-state index is 0.245. The quantitative estimate of drug-likeness (QED) is 0.774. The van der Waals surface area contributed by atoms with Crippen LogP contribution in [0, 0.1) is 17.3 Å². The summed E-state index contributed by atoms with van der Waals surface area (Å²) in [5.41, 5.74) is -0.678. The highest BCUT2D eigenvalue weighted by Gasteiger charge is 2.29. The summed E-state index contributed by atoms with van der Waals surface area (Å²) in [6.07, 6.45) is 0.833. The Morgan fingerprint density at radius 2 is 1.92 bits per heavy atom. The second kappa shape index (κ2) is 8.86. The van der Waals surface area contributed by atoms with Gasteiger partial charge in [0.1, 0.15) is 5.60 Å². The number of hydrogen-bond acceptors (Lipinski definition) is 5. The third kappa shape index (κ3) is 7.38. The van der Waals surface area contributed by atoms with E-state index in [-0.39, 0.29) is 12.0 Å². The van der Waals surface area contributed by atoms with Crippen LogP contribution in [0.3, 0.4) is 0 Å². The maximum absolute atomic E-state index is 9.73. The molecule has 1 atom stereocenters. The van der Waals surface area contributed by atoms with Crippen LogP contribution >= 0.6 is 11.3 Å². The lowest BCUT2D eigenvalue weighted by atomic mass is 9.94. The largest absolute Gasteiger partial charge is 0.396 e. The van der Waals surface area contributed by atoms with Gasteiger partial charge in [-0.15, -0.1) is 11.3 Å². The third-order valence-corrected chi connectivity index (χ3v) is 5.35. The number of aliphatic hydroxyl groups excluding tert-OH is 1. The van der Waals surface area contributed by atoms with Crippen molar-refractivity contribution >= 4 is 11.3 Å². The molecule has 2 heterocycles. The van der Waals surface area contributed by atoms with Gasteiger partial charge in [-0.2, -0.15) is 0 Å². The van der Waals surface area contributed by atoms with E-state index in [4.69, 9.17) is 0 Å². The van der Waals surface area contributed by atoms with Gasteiger partial charge in [-0.1, -0.05) is 32.6 Å². The average Bonchev–Trinajstić information content (AvgIpc) is 2.94. The van der Waals surface area contributed by atoms with Gasteiger partial charge in [-0.05, 0) is 37.8 Å². The SMILES string of the molecule is CC(C)(O)C#Cc1ccc(CN2CCN(CC(C)(C)C)[C@@H](CCO)C2)s1. The summed E-state index contributed by atoms with van der Waals surface area (Å²) >= 11 is 1.70. The lowest BCUT2D eigenvalue weighted by Crippen LogP contribution is -2.54. The fraction of sp³-hybridized carbons (Fsp3) is 0.714. The second-order valence-electron chi connectivity index (χ2n) is 9.01. The maximum atomic E-state index is 9.73. The van der Waals surface area contributed by atoms with E-state index >= 15 is 0 Å². The van der Waals surface area contributed by atoms with E-state index < -0.39 is 5.60 Å². The molecule has 26 heavy (non-hydrogen) atoms. The zero-order chi connectivity index (χ0) is 19.4. The van der Waals surface area contributed by atoms with E-state index in [2.05, 4.69) is 48.5 Å². The first-order valence-corrected chi connectivity index (χ1v) is 10.3. The van der Waals surface area contributed by atoms with Crippen molar-refractivity contribution < 1.29 is 10.2 Å². The van der Waals surface area contributed by atoms with Crippen LogP contribution in [0.2, 0.25) is 0 Å². The van der Waals surface area contributed by atoms with E-state index in [9.17, 15) is 10.2 Å². The van der Waals surface area contributed by atoms with Gasteiger partial charge >= 0.3 is 0 Å². The summed E-state index contributed by atoms with van der Waals surface area (Å²) in [4.78, 5) is 7.33. The van der Waals surface area contributed by atoms with Gasteiger partial charge in [0, 0.05) is 50.2 Å². The zero-order valence-electron chi connectivity index (χ0n) is 16.9. The molecule has 146 valence electrons. The zero-order valence-corrected chi connectivity index (χ0v) is 17.7. The molecule has 2 rings (SSSR count). The summed E-state index contributed by atoms with van der Waals surface area (Å²) in [6, 6.07) is 4.60. The van der Waals surface area contributed by atoms with Gasteiger partial charge in [0.25, 0.3) is 0 Å². The van der Waals surface area contributed by atoms with Crippen LogP contribution in [0.4, 0.5) is 0 Å². The number of rotatable bonds is 5. The Morgan fingerprint density at radius 1 is 1.19 bits per heavy atom. The summed E-state index contributed by atoms with van der Waals surface area (Å²) in [5, 5.41) is 19.2. The Hall–Kier alpha value is -0.900. The van der Waals surface area contributed by atoms with E-state index in [0.717, 1.165) is 44.0 Å². The molecular weight excluding hydrogens is 344 g/mol. The highest BCUT2D eigenvalue weighted by molar-refractivity contribution is 7.12. The number of nitrogens with zero attached hydrogens (tertiary/aromatic N) is 2. The topological polar surface area (TPSA) is 46.9 Å². The van der Waals surface area contributed by atoms with E-state index in [1.165, 1.54) is 4.88 Å². The highest BCUT2D eigenvalue weighted by Crippen LogP contribution is 2.24. The molecule has 0 spiro atoms. The van der Waals surface area contributed by atoms with Crippen LogP contribution in [0.5, 0.6) is 0 Å². The molecule has 0 amide bonds. The van der Waals surface area contributed by atoms with Crippen molar-refractivity contribution in [3.05, 3.63) is 21.9 Å². The number of thiophene rings is 1. The van der Waals surface area contributed by atoms with Crippen LogP contribution in [-0.2, 0) is 6.54 Å². The van der Waals surface area contributed by atoms with Gasteiger partial charge in [-0.3, -0.25) is 9.80 Å². The standard InChI is InChI=1S/C21H34N2O2S/c1-20(2,3)16-23-12-11-22(14-17(23)9-13-24)15-19-7-6-18(26-19)8-10-21(4,5)25/h6-7,17,24-25H,9,11-16H2,1-5H3/t17-/m0/s1. The monoisotopic (exact) mass is 378 g/mol. The molecular formula is C21H34N2O2S. The van der Waals surface area contributed by atoms with Crippen LogP contribution in [-0.4, -0.2) is 64.4 Å². The predicted octanol–water partition coefficient (Wildman–Crippen LogP) is 2.79. The Bertz CT molecular complexity index is 631. The molecule has 1 aromatic heterocycles. The van der Waals surface area contributed by atoms with E-state index in [0.29, 0.717) is 6.04 Å².